The number of aliphatic carboxylic acids is 1. The number of amides is 4. The van der Waals surface area contributed by atoms with Crippen LogP contribution in [0.2, 0.25) is 0 Å². The number of urea groups is 1. The molecule has 2 aliphatic rings. The number of benzene rings is 2. The highest BCUT2D eigenvalue weighted by Gasteiger charge is 2.42. The van der Waals surface area contributed by atoms with E-state index in [-0.39, 0.29) is 37.3 Å². The minimum absolute atomic E-state index is 0.118. The van der Waals surface area contributed by atoms with Crippen molar-refractivity contribution in [3.8, 4) is 0 Å². The Morgan fingerprint density at radius 2 is 1.92 bits per heavy atom. The predicted molar refractivity (Wildman–Crippen MR) is 134 cm³/mol. The predicted octanol–water partition coefficient (Wildman–Crippen LogP) is 3.46. The van der Waals surface area contributed by atoms with Crippen molar-refractivity contribution in [1.29, 1.82) is 0 Å². The minimum Gasteiger partial charge on any atom is -0.481 e. The fourth-order valence-electron chi connectivity index (χ4n) is 4.56. The summed E-state index contributed by atoms with van der Waals surface area (Å²) in [5.74, 6) is -4.43. The number of methoxy groups -OCH3 is 1. The fourth-order valence-corrected chi connectivity index (χ4v) is 4.77. The Morgan fingerprint density at radius 1 is 1.19 bits per heavy atom. The monoisotopic (exact) mass is 532 g/mol. The summed E-state index contributed by atoms with van der Waals surface area (Å²) in [5.41, 5.74) is 0.476. The third kappa shape index (κ3) is 5.52. The van der Waals surface area contributed by atoms with Gasteiger partial charge in [-0.15, -0.1) is 0 Å². The van der Waals surface area contributed by atoms with Gasteiger partial charge < -0.3 is 25.0 Å². The zero-order valence-corrected chi connectivity index (χ0v) is 20.7. The molecule has 0 aromatic heterocycles. The highest BCUT2D eigenvalue weighted by molar-refractivity contribution is 6.36. The molecule has 2 saturated heterocycles. The van der Waals surface area contributed by atoms with Crippen molar-refractivity contribution in [1.82, 2.24) is 4.90 Å². The Labute approximate surface area is 217 Å². The zero-order chi connectivity index (χ0) is 26.7. The van der Waals surface area contributed by atoms with E-state index in [0.717, 1.165) is 10.5 Å². The summed E-state index contributed by atoms with van der Waals surface area (Å²) in [6, 6.07) is 10.7. The van der Waals surface area contributed by atoms with E-state index in [2.05, 4.69) is 5.32 Å². The Bertz CT molecular complexity index is 1200. The van der Waals surface area contributed by atoms with Gasteiger partial charge >= 0.3 is 12.0 Å². The highest BCUT2D eigenvalue weighted by atomic mass is 35.5. The van der Waals surface area contributed by atoms with Gasteiger partial charge in [-0.1, -0.05) is 18.2 Å². The summed E-state index contributed by atoms with van der Waals surface area (Å²) in [5, 5.41) is 11.8. The number of carboxylic acid groups (broad SMARTS) is 1. The number of carbonyl (C=O) groups is 4. The molecule has 0 radical (unpaired) electrons. The number of nitrogens with zero attached hydrogens (tertiary/aromatic N) is 3. The van der Waals surface area contributed by atoms with Crippen LogP contribution in [0.5, 0.6) is 0 Å². The van der Waals surface area contributed by atoms with Crippen molar-refractivity contribution < 1.29 is 33.4 Å². The molecule has 4 amide bonds. The number of piperidine rings is 1. The summed E-state index contributed by atoms with van der Waals surface area (Å²) in [6.45, 7) is 0.383. The Balaban J connectivity index is 1.49. The van der Waals surface area contributed by atoms with Crippen molar-refractivity contribution >= 4 is 52.7 Å². The molecular formula is C25H26ClFN4O6. The van der Waals surface area contributed by atoms with Gasteiger partial charge in [0.05, 0.1) is 17.5 Å². The number of anilines is 3. The van der Waals surface area contributed by atoms with Crippen LogP contribution in [0.25, 0.3) is 0 Å². The van der Waals surface area contributed by atoms with E-state index in [1.54, 1.807) is 30.3 Å². The van der Waals surface area contributed by atoms with E-state index in [1.807, 2.05) is 0 Å². The largest absolute Gasteiger partial charge is 0.481 e. The molecule has 0 aliphatic carbocycles. The standard InChI is InChI=1S/C25H26ClFN4O6/c1-37-17-13-21(30(14-17)25(36)31(26)15-6-3-2-4-7-15)22(32)28-20-10-9-16(12-19(20)27)29-11-5-8-18(23(29)33)24(34)35/h2-4,6-7,9-10,12,17-18,21H,5,8,11,13-14H2,1H3,(H,28,32)(H,34,35). The quantitative estimate of drug-likeness (QED) is 0.434. The molecule has 3 unspecified atom stereocenters. The lowest BCUT2D eigenvalue weighted by atomic mass is 9.96. The lowest BCUT2D eigenvalue weighted by molar-refractivity contribution is -0.147. The van der Waals surface area contributed by atoms with Crippen LogP contribution in [0.15, 0.2) is 48.5 Å². The molecule has 2 heterocycles. The Morgan fingerprint density at radius 3 is 2.57 bits per heavy atom. The lowest BCUT2D eigenvalue weighted by Crippen LogP contribution is -2.47. The second kappa shape index (κ2) is 11.1. The van der Waals surface area contributed by atoms with Crippen LogP contribution in [0.1, 0.15) is 19.3 Å². The second-order valence-corrected chi connectivity index (χ2v) is 9.17. The van der Waals surface area contributed by atoms with Gasteiger partial charge in [0.2, 0.25) is 11.8 Å². The normalized spacial score (nSPS) is 21.6. The van der Waals surface area contributed by atoms with Gasteiger partial charge in [0.1, 0.15) is 17.8 Å². The van der Waals surface area contributed by atoms with Gasteiger partial charge in [-0.2, -0.15) is 0 Å². The lowest BCUT2D eigenvalue weighted by Gasteiger charge is -2.30. The smallest absolute Gasteiger partial charge is 0.340 e. The number of hydrogen-bond donors (Lipinski definition) is 2. The summed E-state index contributed by atoms with van der Waals surface area (Å²) in [6.07, 6.45) is 0.464. The van der Waals surface area contributed by atoms with Gasteiger partial charge in [0, 0.05) is 44.1 Å². The maximum Gasteiger partial charge on any atom is 0.340 e. The van der Waals surface area contributed by atoms with Gasteiger partial charge in [-0.25, -0.2) is 13.6 Å². The molecule has 12 heteroatoms. The van der Waals surface area contributed by atoms with Crippen LogP contribution < -0.4 is 14.6 Å². The first-order valence-electron chi connectivity index (χ1n) is 11.7. The first kappa shape index (κ1) is 26.4. The third-order valence-electron chi connectivity index (χ3n) is 6.55. The number of rotatable bonds is 6. The van der Waals surface area contributed by atoms with Crippen LogP contribution in [0.3, 0.4) is 0 Å². The minimum atomic E-state index is -1.22. The molecule has 4 rings (SSSR count). The Hall–Kier alpha value is -3.70. The molecule has 2 aromatic carbocycles. The van der Waals surface area contributed by atoms with E-state index in [9.17, 15) is 28.7 Å². The fraction of sp³-hybridized carbons (Fsp3) is 0.360. The number of likely N-dealkylation sites (tertiary alicyclic amines) is 1. The molecule has 37 heavy (non-hydrogen) atoms. The number of para-hydroxylation sites is 1. The van der Waals surface area contributed by atoms with Crippen LogP contribution in [-0.4, -0.2) is 66.2 Å². The third-order valence-corrected chi connectivity index (χ3v) is 6.89. The van der Waals surface area contributed by atoms with Gasteiger partial charge in [-0.05, 0) is 43.2 Å². The van der Waals surface area contributed by atoms with Crippen LogP contribution in [0, 0.1) is 11.7 Å². The highest BCUT2D eigenvalue weighted by Crippen LogP contribution is 2.30. The van der Waals surface area contributed by atoms with E-state index in [0.29, 0.717) is 12.1 Å². The van der Waals surface area contributed by atoms with E-state index >= 15 is 0 Å². The molecule has 2 aromatic rings. The van der Waals surface area contributed by atoms with Crippen LogP contribution in [0.4, 0.5) is 26.2 Å². The zero-order valence-electron chi connectivity index (χ0n) is 20.0. The molecular weight excluding hydrogens is 507 g/mol. The van der Waals surface area contributed by atoms with Crippen molar-refractivity contribution in [2.45, 2.75) is 31.4 Å². The van der Waals surface area contributed by atoms with Crippen LogP contribution >= 0.6 is 11.8 Å². The van der Waals surface area contributed by atoms with Crippen molar-refractivity contribution in [3.63, 3.8) is 0 Å². The maximum atomic E-state index is 15.0. The summed E-state index contributed by atoms with van der Waals surface area (Å²) < 4.78 is 21.3. The molecule has 0 saturated carbocycles. The van der Waals surface area contributed by atoms with E-state index < -0.39 is 47.7 Å². The molecule has 0 bridgehead atoms. The van der Waals surface area contributed by atoms with Crippen molar-refractivity contribution in [2.24, 2.45) is 5.92 Å². The molecule has 2 aliphatic heterocycles. The topological polar surface area (TPSA) is 119 Å². The van der Waals surface area contributed by atoms with Crippen LogP contribution in [-0.2, 0) is 19.1 Å². The molecule has 196 valence electrons. The Kier molecular flexibility index (Phi) is 7.94. The first-order valence-corrected chi connectivity index (χ1v) is 12.0. The van der Waals surface area contributed by atoms with Crippen molar-refractivity contribution in [3.05, 3.63) is 54.3 Å². The number of ether oxygens (including phenoxy) is 1. The first-order chi connectivity index (χ1) is 17.7. The molecule has 0 spiro atoms. The number of halogens is 2. The number of nitrogens with one attached hydrogen (secondary N) is 1. The SMILES string of the molecule is COC1CC(C(=O)Nc2ccc(N3CCCC(C(=O)O)C3=O)cc2F)N(C(=O)N(Cl)c2ccccc2)C1. The second-order valence-electron chi connectivity index (χ2n) is 8.84. The van der Waals surface area contributed by atoms with Crippen molar-refractivity contribution in [2.75, 3.05) is 34.8 Å². The molecule has 2 fully saturated rings. The molecule has 3 atom stereocenters. The maximum absolute atomic E-state index is 15.0. The number of carbonyl (C=O) groups excluding carboxylic acids is 3. The van der Waals surface area contributed by atoms with Gasteiger partial charge in [0.15, 0.2) is 0 Å². The van der Waals surface area contributed by atoms with E-state index in [1.165, 1.54) is 29.0 Å². The van der Waals surface area contributed by atoms with Gasteiger partial charge in [0.25, 0.3) is 0 Å². The summed E-state index contributed by atoms with van der Waals surface area (Å²) in [7, 11) is 1.47. The number of hydrogen-bond acceptors (Lipinski definition) is 5. The van der Waals surface area contributed by atoms with Gasteiger partial charge in [-0.3, -0.25) is 14.4 Å². The number of carboxylic acids is 1. The molecule has 2 N–H and O–H groups in total. The van der Waals surface area contributed by atoms with E-state index in [4.69, 9.17) is 16.5 Å². The molecule has 10 nitrogen and oxygen atoms in total. The average molecular weight is 533 g/mol. The average Bonchev–Trinajstić information content (AvgIpc) is 3.34. The summed E-state index contributed by atoms with van der Waals surface area (Å²) >= 11 is 6.26. The summed E-state index contributed by atoms with van der Waals surface area (Å²) in [4.78, 5) is 52.6.